The minimum absolute atomic E-state index is 0.429. The Kier molecular flexibility index (Phi) is 2.64. The summed E-state index contributed by atoms with van der Waals surface area (Å²) in [6, 6.07) is 0.429. The fraction of sp³-hybridized carbons (Fsp3) is 0.667. The Morgan fingerprint density at radius 3 is 3.17 bits per heavy atom. The molecule has 3 rings (SSSR count). The van der Waals surface area contributed by atoms with Crippen LogP contribution in [0.4, 0.5) is 0 Å². The van der Waals surface area contributed by atoms with E-state index in [-0.39, 0.29) is 0 Å². The number of hydrazone groups is 1. The fourth-order valence-electron chi connectivity index (χ4n) is 2.94. The predicted octanol–water partition coefficient (Wildman–Crippen LogP) is 0.451. The van der Waals surface area contributed by atoms with Gasteiger partial charge in [-0.25, -0.2) is 4.90 Å². The lowest BCUT2D eigenvalue weighted by Gasteiger charge is -2.49. The molecule has 3 unspecified atom stereocenters. The number of rotatable bonds is 1. The van der Waals surface area contributed by atoms with E-state index in [1.807, 2.05) is 11.1 Å². The van der Waals surface area contributed by atoms with Crippen LogP contribution >= 0.6 is 0 Å². The Morgan fingerprint density at radius 1 is 1.50 bits per heavy atom. The minimum atomic E-state index is -0.758. The molecule has 18 heavy (non-hydrogen) atoms. The average molecular weight is 248 g/mol. The monoisotopic (exact) mass is 248 g/mol. The van der Waals surface area contributed by atoms with E-state index in [1.165, 1.54) is 12.8 Å². The molecule has 0 aliphatic carbocycles. The molecule has 3 aliphatic rings. The molecule has 0 aromatic carbocycles. The van der Waals surface area contributed by atoms with Crippen molar-refractivity contribution in [2.75, 3.05) is 6.54 Å². The number of nitrogens with two attached hydrogens (primary N) is 1. The van der Waals surface area contributed by atoms with Crippen LogP contribution in [0.15, 0.2) is 22.5 Å². The third kappa shape index (κ3) is 1.56. The zero-order valence-corrected chi connectivity index (χ0v) is 10.9. The van der Waals surface area contributed by atoms with Crippen LogP contribution < -0.4 is 11.2 Å². The second kappa shape index (κ2) is 4.07. The molecule has 3 N–H and O–H groups in total. The summed E-state index contributed by atoms with van der Waals surface area (Å²) < 4.78 is 0. The largest absolute Gasteiger partial charge is 0.278 e. The first kappa shape index (κ1) is 11.7. The van der Waals surface area contributed by atoms with Crippen LogP contribution in [0.3, 0.4) is 0 Å². The maximum absolute atomic E-state index is 6.55. The summed E-state index contributed by atoms with van der Waals surface area (Å²) in [6.45, 7) is 5.50. The average Bonchev–Trinajstić information content (AvgIpc) is 2.72. The van der Waals surface area contributed by atoms with Crippen LogP contribution in [0.25, 0.3) is 0 Å². The van der Waals surface area contributed by atoms with Crippen LogP contribution in [0.2, 0.25) is 0 Å². The highest BCUT2D eigenvalue weighted by Gasteiger charge is 2.47. The summed E-state index contributed by atoms with van der Waals surface area (Å²) in [5.74, 6) is 0.657. The Morgan fingerprint density at radius 2 is 2.33 bits per heavy atom. The second-order valence-corrected chi connectivity index (χ2v) is 5.31. The van der Waals surface area contributed by atoms with Gasteiger partial charge in [0, 0.05) is 25.0 Å². The van der Waals surface area contributed by atoms with E-state index in [0.29, 0.717) is 12.0 Å². The van der Waals surface area contributed by atoms with E-state index in [1.54, 1.807) is 12.4 Å². The Balaban J connectivity index is 1.87. The van der Waals surface area contributed by atoms with E-state index < -0.39 is 5.91 Å². The standard InChI is InChI=1S/C12H20N6/c1-9-4-3-6-17(10(9)2)12(13)16-15-11-8-14-5-7-18(11)12/h5,7-10,16H,3-4,6,13H2,1-2H3. The van der Waals surface area contributed by atoms with E-state index in [0.717, 1.165) is 12.4 Å². The highest BCUT2D eigenvalue weighted by molar-refractivity contribution is 6.30. The van der Waals surface area contributed by atoms with Gasteiger partial charge in [-0.05, 0) is 25.7 Å². The first-order valence-electron chi connectivity index (χ1n) is 6.52. The van der Waals surface area contributed by atoms with Gasteiger partial charge in [-0.15, -0.1) is 0 Å². The topological polar surface area (TPSA) is 69.2 Å². The number of likely N-dealkylation sites (tertiary alicyclic amines) is 1. The van der Waals surface area contributed by atoms with Crippen molar-refractivity contribution in [3.05, 3.63) is 12.4 Å². The van der Waals surface area contributed by atoms with Crippen molar-refractivity contribution in [2.45, 2.75) is 38.6 Å². The Bertz CT molecular complexity index is 428. The molecule has 0 aromatic rings. The highest BCUT2D eigenvalue weighted by atomic mass is 15.7. The number of piperidine rings is 1. The zero-order chi connectivity index (χ0) is 12.8. The normalized spacial score (nSPS) is 39.5. The van der Waals surface area contributed by atoms with Gasteiger partial charge in [0.1, 0.15) is 0 Å². The van der Waals surface area contributed by atoms with Crippen molar-refractivity contribution in [2.24, 2.45) is 21.7 Å². The van der Waals surface area contributed by atoms with Gasteiger partial charge in [0.05, 0.1) is 6.21 Å². The van der Waals surface area contributed by atoms with Crippen LogP contribution in [0.5, 0.6) is 0 Å². The number of nitrogens with zero attached hydrogens (tertiary/aromatic N) is 4. The summed E-state index contributed by atoms with van der Waals surface area (Å²) in [5.41, 5.74) is 9.63. The lowest BCUT2D eigenvalue weighted by atomic mass is 9.91. The van der Waals surface area contributed by atoms with Crippen LogP contribution in [-0.4, -0.2) is 40.3 Å². The summed E-state index contributed by atoms with van der Waals surface area (Å²) in [6.07, 6.45) is 7.78. The van der Waals surface area contributed by atoms with Gasteiger partial charge in [0.25, 0.3) is 0 Å². The lowest BCUT2D eigenvalue weighted by Crippen LogP contribution is -2.73. The number of fused-ring (bicyclic) bond motifs is 1. The van der Waals surface area contributed by atoms with Gasteiger partial charge in [-0.1, -0.05) is 6.92 Å². The Hall–Kier alpha value is -1.40. The molecule has 1 fully saturated rings. The first-order valence-corrected chi connectivity index (χ1v) is 6.52. The van der Waals surface area contributed by atoms with E-state index >= 15 is 0 Å². The molecule has 0 bridgehead atoms. The number of amidine groups is 1. The van der Waals surface area contributed by atoms with E-state index in [4.69, 9.17) is 5.73 Å². The SMILES string of the molecule is CC1CCCN(C2(N)NN=C3C=NC=CN32)C1C. The molecule has 0 spiro atoms. The number of aliphatic imine (C=N–C) groups is 1. The van der Waals surface area contributed by atoms with Crippen molar-refractivity contribution in [1.29, 1.82) is 0 Å². The molecule has 0 aromatic heterocycles. The summed E-state index contributed by atoms with van der Waals surface area (Å²) >= 11 is 0. The third-order valence-corrected chi connectivity index (χ3v) is 4.25. The quantitative estimate of drug-likeness (QED) is 0.707. The molecule has 1 saturated heterocycles. The Labute approximate surface area is 107 Å². The van der Waals surface area contributed by atoms with Gasteiger partial charge >= 0.3 is 0 Å². The highest BCUT2D eigenvalue weighted by Crippen LogP contribution is 2.30. The molecule has 3 aliphatic heterocycles. The lowest BCUT2D eigenvalue weighted by molar-refractivity contribution is -0.0651. The van der Waals surface area contributed by atoms with Crippen molar-refractivity contribution in [1.82, 2.24) is 15.2 Å². The van der Waals surface area contributed by atoms with Crippen molar-refractivity contribution in [3.8, 4) is 0 Å². The summed E-state index contributed by atoms with van der Waals surface area (Å²) in [7, 11) is 0. The van der Waals surface area contributed by atoms with Gasteiger partial charge < -0.3 is 0 Å². The molecule has 6 nitrogen and oxygen atoms in total. The number of hydrogen-bond acceptors (Lipinski definition) is 6. The van der Waals surface area contributed by atoms with Crippen molar-refractivity contribution in [3.63, 3.8) is 0 Å². The van der Waals surface area contributed by atoms with Gasteiger partial charge in [-0.3, -0.25) is 21.1 Å². The summed E-state index contributed by atoms with van der Waals surface area (Å²) in [4.78, 5) is 8.32. The van der Waals surface area contributed by atoms with Crippen molar-refractivity contribution < 1.29 is 0 Å². The molecule has 3 heterocycles. The molecule has 0 amide bonds. The molecule has 0 saturated carbocycles. The van der Waals surface area contributed by atoms with Crippen LogP contribution in [0.1, 0.15) is 26.7 Å². The van der Waals surface area contributed by atoms with E-state index in [2.05, 4.69) is 34.3 Å². The van der Waals surface area contributed by atoms with Crippen LogP contribution in [0, 0.1) is 5.92 Å². The van der Waals surface area contributed by atoms with Crippen LogP contribution in [-0.2, 0) is 0 Å². The van der Waals surface area contributed by atoms with Gasteiger partial charge in [0.15, 0.2) is 5.84 Å². The molecular weight excluding hydrogens is 228 g/mol. The fourth-order valence-corrected chi connectivity index (χ4v) is 2.94. The third-order valence-electron chi connectivity index (χ3n) is 4.25. The molecular formula is C12H20N6. The molecule has 3 atom stereocenters. The predicted molar refractivity (Wildman–Crippen MR) is 71.5 cm³/mol. The smallest absolute Gasteiger partial charge is 0.247 e. The second-order valence-electron chi connectivity index (χ2n) is 5.31. The molecule has 98 valence electrons. The number of hydrogen-bond donors (Lipinski definition) is 2. The first-order chi connectivity index (χ1) is 8.63. The van der Waals surface area contributed by atoms with Gasteiger partial charge in [-0.2, -0.15) is 5.10 Å². The molecule has 6 heteroatoms. The van der Waals surface area contributed by atoms with E-state index in [9.17, 15) is 0 Å². The maximum atomic E-state index is 6.55. The maximum Gasteiger partial charge on any atom is 0.247 e. The number of nitrogens with one attached hydrogen (secondary N) is 1. The van der Waals surface area contributed by atoms with Crippen molar-refractivity contribution >= 4 is 12.1 Å². The molecule has 0 radical (unpaired) electrons. The summed E-state index contributed by atoms with van der Waals surface area (Å²) in [5, 5.41) is 4.27. The van der Waals surface area contributed by atoms with Gasteiger partial charge in [0.2, 0.25) is 5.91 Å². The minimum Gasteiger partial charge on any atom is -0.278 e. The zero-order valence-electron chi connectivity index (χ0n) is 10.9.